The van der Waals surface area contributed by atoms with Gasteiger partial charge in [-0.15, -0.1) is 0 Å². The third kappa shape index (κ3) is 3.16. The van der Waals surface area contributed by atoms with Crippen molar-refractivity contribution in [3.05, 3.63) is 58.4 Å². The van der Waals surface area contributed by atoms with Crippen LogP contribution in [-0.4, -0.2) is 39.9 Å². The summed E-state index contributed by atoms with van der Waals surface area (Å²) in [5, 5.41) is 0. The van der Waals surface area contributed by atoms with Crippen LogP contribution in [0.25, 0.3) is 11.2 Å². The Balaban J connectivity index is 1.49. The number of halogens is 1. The molecule has 1 atom stereocenters. The predicted octanol–water partition coefficient (Wildman–Crippen LogP) is 2.69. The fourth-order valence-electron chi connectivity index (χ4n) is 4.24. The Morgan fingerprint density at radius 1 is 1.20 bits per heavy atom. The number of aryl methyl sites for hydroxylation is 1. The Labute approximate surface area is 173 Å². The average molecular weight is 431 g/mol. The molecule has 2 fully saturated rings. The molecule has 30 heavy (non-hydrogen) atoms. The maximum Gasteiger partial charge on any atom is 0.330 e. The molecule has 9 heteroatoms. The Kier molecular flexibility index (Phi) is 4.55. The van der Waals surface area contributed by atoms with Gasteiger partial charge in [-0.3, -0.25) is 9.13 Å². The van der Waals surface area contributed by atoms with Gasteiger partial charge in [0, 0.05) is 25.8 Å². The number of imidazole rings is 1. The van der Waals surface area contributed by atoms with Crippen LogP contribution < -0.4 is 5.69 Å². The molecule has 0 N–H and O–H groups in total. The van der Waals surface area contributed by atoms with E-state index >= 15 is 0 Å². The minimum atomic E-state index is -3.76. The SMILES string of the molecule is Cc1cc(S(=O)(=O)N2CC[C@@H](n3c(=O)n(CC4CC4)c4cccnc43)C2)ccc1F. The summed E-state index contributed by atoms with van der Waals surface area (Å²) >= 11 is 0. The first-order valence-corrected chi connectivity index (χ1v) is 11.6. The van der Waals surface area contributed by atoms with Crippen LogP contribution in [0.15, 0.2) is 46.2 Å². The van der Waals surface area contributed by atoms with Crippen molar-refractivity contribution in [2.24, 2.45) is 5.92 Å². The van der Waals surface area contributed by atoms with Gasteiger partial charge in [-0.1, -0.05) is 0 Å². The van der Waals surface area contributed by atoms with Crippen molar-refractivity contribution >= 4 is 21.2 Å². The van der Waals surface area contributed by atoms with Crippen molar-refractivity contribution in [1.29, 1.82) is 0 Å². The largest absolute Gasteiger partial charge is 0.330 e. The molecule has 1 aliphatic carbocycles. The van der Waals surface area contributed by atoms with Crippen LogP contribution in [0, 0.1) is 18.7 Å². The van der Waals surface area contributed by atoms with Crippen LogP contribution in [0.1, 0.15) is 30.9 Å². The van der Waals surface area contributed by atoms with E-state index in [1.807, 2.05) is 12.1 Å². The smallest absolute Gasteiger partial charge is 0.290 e. The van der Waals surface area contributed by atoms with Crippen molar-refractivity contribution < 1.29 is 12.8 Å². The number of sulfonamides is 1. The molecule has 0 spiro atoms. The highest BCUT2D eigenvalue weighted by Crippen LogP contribution is 2.33. The van der Waals surface area contributed by atoms with Crippen LogP contribution in [0.5, 0.6) is 0 Å². The number of hydrogen-bond donors (Lipinski definition) is 0. The Bertz CT molecular complexity index is 1290. The lowest BCUT2D eigenvalue weighted by Gasteiger charge is -2.17. The fraction of sp³-hybridized carbons (Fsp3) is 0.429. The first kappa shape index (κ1) is 19.4. The van der Waals surface area contributed by atoms with E-state index in [2.05, 4.69) is 4.98 Å². The molecule has 1 saturated carbocycles. The van der Waals surface area contributed by atoms with Gasteiger partial charge in [-0.05, 0) is 68.0 Å². The van der Waals surface area contributed by atoms with E-state index < -0.39 is 15.8 Å². The standard InChI is InChI=1S/C21H23FN4O3S/c1-14-11-17(6-7-18(14)22)30(28,29)24-10-8-16(13-24)26-20-19(3-2-9-23-20)25(21(26)27)12-15-4-5-15/h2-3,6-7,9,11,15-16H,4-5,8,10,12-13H2,1H3/t16-/m1/s1. The summed E-state index contributed by atoms with van der Waals surface area (Å²) in [6.07, 6.45) is 4.45. The molecule has 0 bridgehead atoms. The van der Waals surface area contributed by atoms with Crippen molar-refractivity contribution in [2.75, 3.05) is 13.1 Å². The van der Waals surface area contributed by atoms with Crippen LogP contribution in [-0.2, 0) is 16.6 Å². The maximum absolute atomic E-state index is 13.6. The van der Waals surface area contributed by atoms with E-state index in [-0.39, 0.29) is 28.7 Å². The molecule has 2 aromatic heterocycles. The molecule has 158 valence electrons. The van der Waals surface area contributed by atoms with Gasteiger partial charge >= 0.3 is 5.69 Å². The second-order valence-electron chi connectivity index (χ2n) is 8.27. The molecule has 3 heterocycles. The monoisotopic (exact) mass is 430 g/mol. The summed E-state index contributed by atoms with van der Waals surface area (Å²) in [5.41, 5.74) is 1.56. The van der Waals surface area contributed by atoms with E-state index in [1.165, 1.54) is 22.5 Å². The van der Waals surface area contributed by atoms with Gasteiger partial charge < -0.3 is 0 Å². The first-order chi connectivity index (χ1) is 14.4. The van der Waals surface area contributed by atoms with Gasteiger partial charge in [0.2, 0.25) is 10.0 Å². The summed E-state index contributed by atoms with van der Waals surface area (Å²) in [7, 11) is -3.76. The van der Waals surface area contributed by atoms with Crippen molar-refractivity contribution in [3.63, 3.8) is 0 Å². The van der Waals surface area contributed by atoms with Crippen molar-refractivity contribution in [2.45, 2.75) is 43.7 Å². The number of aromatic nitrogens is 3. The van der Waals surface area contributed by atoms with Crippen LogP contribution >= 0.6 is 0 Å². The van der Waals surface area contributed by atoms with Crippen LogP contribution in [0.2, 0.25) is 0 Å². The molecule has 1 aliphatic heterocycles. The van der Waals surface area contributed by atoms with Gasteiger partial charge in [0.1, 0.15) is 5.82 Å². The van der Waals surface area contributed by atoms with Crippen molar-refractivity contribution in [1.82, 2.24) is 18.4 Å². The lowest BCUT2D eigenvalue weighted by Crippen LogP contribution is -2.32. The molecule has 2 aliphatic rings. The maximum atomic E-state index is 13.6. The Morgan fingerprint density at radius 3 is 2.73 bits per heavy atom. The summed E-state index contributed by atoms with van der Waals surface area (Å²) in [6, 6.07) is 7.25. The van der Waals surface area contributed by atoms with E-state index in [0.29, 0.717) is 31.1 Å². The summed E-state index contributed by atoms with van der Waals surface area (Å²) in [6.45, 7) is 2.72. The number of rotatable bonds is 5. The highest BCUT2D eigenvalue weighted by Gasteiger charge is 2.36. The quantitative estimate of drug-likeness (QED) is 0.624. The highest BCUT2D eigenvalue weighted by atomic mass is 32.2. The molecule has 0 unspecified atom stereocenters. The first-order valence-electron chi connectivity index (χ1n) is 10.2. The molecular formula is C21H23FN4O3S. The average Bonchev–Trinajstić information content (AvgIpc) is 3.33. The second-order valence-corrected chi connectivity index (χ2v) is 10.2. The molecule has 5 rings (SSSR count). The minimum Gasteiger partial charge on any atom is -0.290 e. The number of nitrogens with zero attached hydrogens (tertiary/aromatic N) is 4. The predicted molar refractivity (Wildman–Crippen MR) is 110 cm³/mol. The molecule has 1 saturated heterocycles. The number of fused-ring (bicyclic) bond motifs is 1. The lowest BCUT2D eigenvalue weighted by atomic mass is 10.2. The van der Waals surface area contributed by atoms with Gasteiger partial charge in [0.05, 0.1) is 16.5 Å². The number of hydrogen-bond acceptors (Lipinski definition) is 4. The second kappa shape index (κ2) is 7.02. The molecule has 3 aromatic rings. The topological polar surface area (TPSA) is 77.2 Å². The minimum absolute atomic E-state index is 0.0729. The Hall–Kier alpha value is -2.52. The van der Waals surface area contributed by atoms with Gasteiger partial charge in [0.25, 0.3) is 0 Å². The highest BCUT2D eigenvalue weighted by molar-refractivity contribution is 7.89. The number of pyridine rings is 1. The van der Waals surface area contributed by atoms with E-state index in [1.54, 1.807) is 22.3 Å². The van der Waals surface area contributed by atoms with Gasteiger partial charge in [0.15, 0.2) is 5.65 Å². The molecular weight excluding hydrogens is 407 g/mol. The Morgan fingerprint density at radius 2 is 2.00 bits per heavy atom. The van der Waals surface area contributed by atoms with Gasteiger partial charge in [-0.2, -0.15) is 4.31 Å². The summed E-state index contributed by atoms with van der Waals surface area (Å²) in [4.78, 5) is 17.7. The molecule has 7 nitrogen and oxygen atoms in total. The van der Waals surface area contributed by atoms with E-state index in [9.17, 15) is 17.6 Å². The van der Waals surface area contributed by atoms with E-state index in [4.69, 9.17) is 0 Å². The third-order valence-corrected chi connectivity index (χ3v) is 7.98. The van der Waals surface area contributed by atoms with Crippen LogP contribution in [0.3, 0.4) is 0 Å². The lowest BCUT2D eigenvalue weighted by molar-refractivity contribution is 0.446. The molecule has 1 aromatic carbocycles. The normalized spacial score (nSPS) is 20.3. The number of benzene rings is 1. The van der Waals surface area contributed by atoms with Crippen molar-refractivity contribution in [3.8, 4) is 0 Å². The summed E-state index contributed by atoms with van der Waals surface area (Å²) in [5.74, 6) is 0.0958. The zero-order chi connectivity index (χ0) is 21.0. The molecule has 0 amide bonds. The molecule has 0 radical (unpaired) electrons. The summed E-state index contributed by atoms with van der Waals surface area (Å²) < 4.78 is 44.5. The van der Waals surface area contributed by atoms with Gasteiger partial charge in [-0.25, -0.2) is 22.6 Å². The third-order valence-electron chi connectivity index (χ3n) is 6.12. The zero-order valence-electron chi connectivity index (χ0n) is 16.7. The van der Waals surface area contributed by atoms with Crippen LogP contribution in [0.4, 0.5) is 4.39 Å². The van der Waals surface area contributed by atoms with E-state index in [0.717, 1.165) is 18.4 Å². The fourth-order valence-corrected chi connectivity index (χ4v) is 5.82. The zero-order valence-corrected chi connectivity index (χ0v) is 17.5.